The number of aryl methyl sites for hydroxylation is 1. The van der Waals surface area contributed by atoms with Crippen LogP contribution < -0.4 is 10.1 Å². The van der Waals surface area contributed by atoms with Crippen LogP contribution in [0.5, 0.6) is 5.75 Å². The Bertz CT molecular complexity index is 823. The first-order valence-corrected chi connectivity index (χ1v) is 10.2. The third-order valence-electron chi connectivity index (χ3n) is 4.85. The Hall–Kier alpha value is -2.53. The molecule has 0 saturated heterocycles. The van der Waals surface area contributed by atoms with E-state index in [0.29, 0.717) is 10.8 Å². The number of benzene rings is 2. The van der Waals surface area contributed by atoms with E-state index in [4.69, 9.17) is 16.3 Å². The second-order valence-corrected chi connectivity index (χ2v) is 7.62. The predicted molar refractivity (Wildman–Crippen MR) is 116 cm³/mol. The van der Waals surface area contributed by atoms with E-state index in [1.54, 1.807) is 13.0 Å². The van der Waals surface area contributed by atoms with E-state index in [1.165, 1.54) is 4.90 Å². The number of ether oxygens (including phenoxy) is 1. The van der Waals surface area contributed by atoms with Crippen LogP contribution in [0.4, 0.5) is 0 Å². The lowest BCUT2D eigenvalue weighted by Gasteiger charge is -2.30. The fraction of sp³-hybridized carbons (Fsp3) is 0.391. The second-order valence-electron chi connectivity index (χ2n) is 7.21. The maximum Gasteiger partial charge on any atom is 0.261 e. The van der Waals surface area contributed by atoms with Gasteiger partial charge < -0.3 is 15.0 Å². The normalized spacial score (nSPS) is 12.7. The summed E-state index contributed by atoms with van der Waals surface area (Å²) in [6.07, 6.45) is 0.813. The summed E-state index contributed by atoms with van der Waals surface area (Å²) in [6, 6.07) is 14.2. The van der Waals surface area contributed by atoms with Crippen LogP contribution >= 0.6 is 11.6 Å². The summed E-state index contributed by atoms with van der Waals surface area (Å²) in [6.45, 7) is 7.71. The number of amides is 2. The maximum atomic E-state index is 13.0. The summed E-state index contributed by atoms with van der Waals surface area (Å²) in [4.78, 5) is 27.2. The van der Waals surface area contributed by atoms with Gasteiger partial charge in [0.25, 0.3) is 5.91 Å². The van der Waals surface area contributed by atoms with Gasteiger partial charge in [0, 0.05) is 17.6 Å². The minimum absolute atomic E-state index is 0.0334. The molecule has 2 rings (SSSR count). The molecule has 156 valence electrons. The van der Waals surface area contributed by atoms with Gasteiger partial charge in [-0.15, -0.1) is 0 Å². The summed E-state index contributed by atoms with van der Waals surface area (Å²) in [5.41, 5.74) is 1.89. The molecule has 0 unspecified atom stereocenters. The standard InChI is InChI=1S/C23H29ClN2O3/c1-5-17(3)25-23(28)18(4)26(14-19-8-6-7-9-21(19)24)22(27)15-29-20-12-10-16(2)11-13-20/h6-13,17-18H,5,14-15H2,1-4H3,(H,25,28)/t17-,18-/m1/s1. The lowest BCUT2D eigenvalue weighted by Crippen LogP contribution is -2.50. The van der Waals surface area contributed by atoms with Crippen molar-refractivity contribution in [3.05, 3.63) is 64.7 Å². The zero-order chi connectivity index (χ0) is 21.4. The Balaban J connectivity index is 2.15. The molecule has 1 N–H and O–H groups in total. The Morgan fingerprint density at radius 2 is 1.76 bits per heavy atom. The van der Waals surface area contributed by atoms with Crippen LogP contribution in [0.3, 0.4) is 0 Å². The van der Waals surface area contributed by atoms with Crippen molar-refractivity contribution in [3.8, 4) is 5.75 Å². The average molecular weight is 417 g/mol. The van der Waals surface area contributed by atoms with Gasteiger partial charge in [0.05, 0.1) is 0 Å². The van der Waals surface area contributed by atoms with Gasteiger partial charge in [0.2, 0.25) is 5.91 Å². The topological polar surface area (TPSA) is 58.6 Å². The highest BCUT2D eigenvalue weighted by molar-refractivity contribution is 6.31. The van der Waals surface area contributed by atoms with Gasteiger partial charge in [-0.1, -0.05) is 54.4 Å². The van der Waals surface area contributed by atoms with E-state index in [2.05, 4.69) is 5.32 Å². The highest BCUT2D eigenvalue weighted by atomic mass is 35.5. The first-order valence-electron chi connectivity index (χ1n) is 9.84. The highest BCUT2D eigenvalue weighted by Gasteiger charge is 2.27. The molecule has 6 heteroatoms. The highest BCUT2D eigenvalue weighted by Crippen LogP contribution is 2.19. The number of carbonyl (C=O) groups is 2. The smallest absolute Gasteiger partial charge is 0.261 e. The van der Waals surface area contributed by atoms with Crippen LogP contribution in [0.25, 0.3) is 0 Å². The number of carbonyl (C=O) groups excluding carboxylic acids is 2. The number of rotatable bonds is 9. The molecular formula is C23H29ClN2O3. The van der Waals surface area contributed by atoms with Gasteiger partial charge in [-0.05, 0) is 51.0 Å². The van der Waals surface area contributed by atoms with E-state index < -0.39 is 6.04 Å². The fourth-order valence-electron chi connectivity index (χ4n) is 2.72. The zero-order valence-electron chi connectivity index (χ0n) is 17.4. The molecule has 0 bridgehead atoms. The number of hydrogen-bond acceptors (Lipinski definition) is 3. The van der Waals surface area contributed by atoms with Gasteiger partial charge in [-0.2, -0.15) is 0 Å². The minimum Gasteiger partial charge on any atom is -0.484 e. The summed E-state index contributed by atoms with van der Waals surface area (Å²) >= 11 is 6.28. The van der Waals surface area contributed by atoms with Crippen molar-refractivity contribution in [3.63, 3.8) is 0 Å². The molecule has 0 aromatic heterocycles. The quantitative estimate of drug-likeness (QED) is 0.660. The number of nitrogens with one attached hydrogen (secondary N) is 1. The largest absolute Gasteiger partial charge is 0.484 e. The molecule has 2 amide bonds. The van der Waals surface area contributed by atoms with E-state index in [0.717, 1.165) is 17.5 Å². The summed E-state index contributed by atoms with van der Waals surface area (Å²) in [7, 11) is 0. The molecule has 0 aliphatic carbocycles. The lowest BCUT2D eigenvalue weighted by molar-refractivity contribution is -0.142. The molecular weight excluding hydrogens is 388 g/mol. The van der Waals surface area contributed by atoms with E-state index >= 15 is 0 Å². The van der Waals surface area contributed by atoms with Crippen LogP contribution in [0.2, 0.25) is 5.02 Å². The molecule has 0 fully saturated rings. The van der Waals surface area contributed by atoms with E-state index in [9.17, 15) is 9.59 Å². The minimum atomic E-state index is -0.658. The van der Waals surface area contributed by atoms with Gasteiger partial charge in [-0.25, -0.2) is 0 Å². The van der Waals surface area contributed by atoms with Crippen LogP contribution in [0.1, 0.15) is 38.3 Å². The Morgan fingerprint density at radius 3 is 2.38 bits per heavy atom. The van der Waals surface area contributed by atoms with Gasteiger partial charge in [-0.3, -0.25) is 9.59 Å². The van der Waals surface area contributed by atoms with Gasteiger partial charge in [0.1, 0.15) is 11.8 Å². The van der Waals surface area contributed by atoms with Crippen molar-refractivity contribution < 1.29 is 14.3 Å². The average Bonchev–Trinajstić information content (AvgIpc) is 2.71. The van der Waals surface area contributed by atoms with Crippen LogP contribution in [-0.2, 0) is 16.1 Å². The van der Waals surface area contributed by atoms with E-state index in [1.807, 2.05) is 63.2 Å². The molecule has 2 aromatic carbocycles. The molecule has 29 heavy (non-hydrogen) atoms. The lowest BCUT2D eigenvalue weighted by atomic mass is 10.1. The van der Waals surface area contributed by atoms with Crippen LogP contribution in [0, 0.1) is 6.92 Å². The molecule has 0 spiro atoms. The molecule has 0 radical (unpaired) electrons. The van der Waals surface area contributed by atoms with Crippen molar-refractivity contribution in [2.75, 3.05) is 6.61 Å². The SMILES string of the molecule is CC[C@@H](C)NC(=O)[C@@H](C)N(Cc1ccccc1Cl)C(=O)COc1ccc(C)cc1. The van der Waals surface area contributed by atoms with Gasteiger partial charge >= 0.3 is 0 Å². The molecule has 0 aliphatic heterocycles. The molecule has 2 aromatic rings. The van der Waals surface area contributed by atoms with Crippen LogP contribution in [-0.4, -0.2) is 35.4 Å². The first-order chi connectivity index (χ1) is 13.8. The van der Waals surface area contributed by atoms with Crippen molar-refractivity contribution in [1.82, 2.24) is 10.2 Å². The van der Waals surface area contributed by atoms with E-state index in [-0.39, 0.29) is 31.0 Å². The first kappa shape index (κ1) is 22.8. The number of hydrogen-bond donors (Lipinski definition) is 1. The van der Waals surface area contributed by atoms with Gasteiger partial charge in [0.15, 0.2) is 6.61 Å². The maximum absolute atomic E-state index is 13.0. The van der Waals surface area contributed by atoms with Crippen molar-refractivity contribution >= 4 is 23.4 Å². The Labute approximate surface area is 178 Å². The number of halogens is 1. The Morgan fingerprint density at radius 1 is 1.10 bits per heavy atom. The molecule has 0 saturated carbocycles. The third-order valence-corrected chi connectivity index (χ3v) is 5.22. The zero-order valence-corrected chi connectivity index (χ0v) is 18.2. The molecule has 5 nitrogen and oxygen atoms in total. The fourth-order valence-corrected chi connectivity index (χ4v) is 2.92. The third kappa shape index (κ3) is 6.79. The van der Waals surface area contributed by atoms with Crippen molar-refractivity contribution in [1.29, 1.82) is 0 Å². The number of nitrogens with zero attached hydrogens (tertiary/aromatic N) is 1. The van der Waals surface area contributed by atoms with Crippen molar-refractivity contribution in [2.45, 2.75) is 52.7 Å². The summed E-state index contributed by atoms with van der Waals surface area (Å²) < 4.78 is 5.65. The predicted octanol–water partition coefficient (Wildman–Crippen LogP) is 4.36. The summed E-state index contributed by atoms with van der Waals surface area (Å²) in [5, 5.41) is 3.49. The monoisotopic (exact) mass is 416 g/mol. The molecule has 0 aliphatic rings. The second kappa shape index (κ2) is 10.9. The van der Waals surface area contributed by atoms with Crippen LogP contribution in [0.15, 0.2) is 48.5 Å². The molecule has 2 atom stereocenters. The summed E-state index contributed by atoms with van der Waals surface area (Å²) in [5.74, 6) is 0.130. The van der Waals surface area contributed by atoms with Crippen molar-refractivity contribution in [2.24, 2.45) is 0 Å². The Kier molecular flexibility index (Phi) is 8.52. The molecule has 0 heterocycles.